The van der Waals surface area contributed by atoms with Crippen molar-refractivity contribution in [2.45, 2.75) is 17.7 Å². The molecule has 0 saturated heterocycles. The summed E-state index contributed by atoms with van der Waals surface area (Å²) in [6.45, 7) is 0. The van der Waals surface area contributed by atoms with E-state index in [9.17, 15) is 23.3 Å². The van der Waals surface area contributed by atoms with Gasteiger partial charge in [-0.05, 0) is 41.5 Å². The quantitative estimate of drug-likeness (QED) is 0.359. The zero-order valence-corrected chi connectivity index (χ0v) is 18.2. The first-order valence-corrected chi connectivity index (χ1v) is 11.2. The van der Waals surface area contributed by atoms with Crippen LogP contribution in [0.4, 0.5) is 11.4 Å². The van der Waals surface area contributed by atoms with E-state index in [2.05, 4.69) is 4.72 Å². The Balaban J connectivity index is 1.64. The zero-order chi connectivity index (χ0) is 22.6. The fourth-order valence-electron chi connectivity index (χ4n) is 2.85. The number of ketones is 1. The lowest BCUT2D eigenvalue weighted by Gasteiger charge is -2.10. The molecule has 0 fully saturated rings. The van der Waals surface area contributed by atoms with E-state index in [1.807, 2.05) is 0 Å². The minimum atomic E-state index is -3.86. The van der Waals surface area contributed by atoms with Crippen molar-refractivity contribution in [3.63, 3.8) is 0 Å². The SMILES string of the molecule is O=C(Cc1ccc(NS(=O)(=O)c2ccc(Cl)c(Cl)c2)cc1)Cc1cccc([N+](=O)[O-])c1. The molecule has 0 radical (unpaired) electrons. The Kier molecular flexibility index (Phi) is 6.94. The second-order valence-electron chi connectivity index (χ2n) is 6.70. The maximum atomic E-state index is 12.5. The number of halogens is 2. The molecule has 0 aliphatic heterocycles. The van der Waals surface area contributed by atoms with Gasteiger partial charge >= 0.3 is 0 Å². The smallest absolute Gasteiger partial charge is 0.269 e. The molecule has 3 aromatic rings. The van der Waals surface area contributed by atoms with E-state index in [4.69, 9.17) is 23.2 Å². The van der Waals surface area contributed by atoms with Gasteiger partial charge in [0.25, 0.3) is 15.7 Å². The lowest BCUT2D eigenvalue weighted by Crippen LogP contribution is -2.13. The van der Waals surface area contributed by atoms with Gasteiger partial charge < -0.3 is 0 Å². The molecule has 0 bridgehead atoms. The van der Waals surface area contributed by atoms with Crippen molar-refractivity contribution >= 4 is 50.4 Å². The minimum Gasteiger partial charge on any atom is -0.299 e. The van der Waals surface area contributed by atoms with Gasteiger partial charge in [-0.15, -0.1) is 0 Å². The molecule has 0 spiro atoms. The summed E-state index contributed by atoms with van der Waals surface area (Å²) in [4.78, 5) is 22.6. The molecule has 0 heterocycles. The molecule has 3 rings (SSSR count). The van der Waals surface area contributed by atoms with Crippen LogP contribution in [0.25, 0.3) is 0 Å². The number of carbonyl (C=O) groups is 1. The van der Waals surface area contributed by atoms with Gasteiger partial charge in [0.15, 0.2) is 0 Å². The Morgan fingerprint density at radius 2 is 1.58 bits per heavy atom. The molecule has 0 aliphatic rings. The van der Waals surface area contributed by atoms with Crippen molar-refractivity contribution in [3.8, 4) is 0 Å². The van der Waals surface area contributed by atoms with E-state index >= 15 is 0 Å². The number of Topliss-reactive ketones (excluding diaryl/α,β-unsaturated/α-hetero) is 1. The number of hydrogen-bond donors (Lipinski definition) is 1. The Hall–Kier alpha value is -2.94. The highest BCUT2D eigenvalue weighted by atomic mass is 35.5. The number of non-ortho nitro benzene ring substituents is 1. The van der Waals surface area contributed by atoms with Gasteiger partial charge in [-0.25, -0.2) is 8.42 Å². The summed E-state index contributed by atoms with van der Waals surface area (Å²) in [6, 6.07) is 16.3. The summed E-state index contributed by atoms with van der Waals surface area (Å²) in [5.74, 6) is -0.121. The van der Waals surface area contributed by atoms with Crippen molar-refractivity contribution in [3.05, 3.63) is 98.0 Å². The number of sulfonamides is 1. The second-order valence-corrected chi connectivity index (χ2v) is 9.19. The summed E-state index contributed by atoms with van der Waals surface area (Å²) in [5, 5.41) is 11.2. The fourth-order valence-corrected chi connectivity index (χ4v) is 4.29. The van der Waals surface area contributed by atoms with Crippen LogP contribution < -0.4 is 4.72 Å². The number of nitrogens with one attached hydrogen (secondary N) is 1. The second kappa shape index (κ2) is 9.47. The minimum absolute atomic E-state index is 0.0295. The van der Waals surface area contributed by atoms with Crippen LogP contribution in [0.5, 0.6) is 0 Å². The molecule has 0 aromatic heterocycles. The highest BCUT2D eigenvalue weighted by Crippen LogP contribution is 2.26. The van der Waals surface area contributed by atoms with Gasteiger partial charge in [0.1, 0.15) is 5.78 Å². The molecule has 0 unspecified atom stereocenters. The van der Waals surface area contributed by atoms with Crippen LogP contribution in [-0.4, -0.2) is 19.1 Å². The first-order chi connectivity index (χ1) is 14.6. The van der Waals surface area contributed by atoms with E-state index in [-0.39, 0.29) is 39.3 Å². The van der Waals surface area contributed by atoms with Gasteiger partial charge in [-0.1, -0.05) is 47.5 Å². The van der Waals surface area contributed by atoms with Crippen molar-refractivity contribution in [2.24, 2.45) is 0 Å². The summed E-state index contributed by atoms with van der Waals surface area (Å²) in [5.41, 5.74) is 1.50. The van der Waals surface area contributed by atoms with Crippen molar-refractivity contribution in [1.82, 2.24) is 0 Å². The third-order valence-corrected chi connectivity index (χ3v) is 6.45. The molecular weight excluding hydrogens is 463 g/mol. The fraction of sp³-hybridized carbons (Fsp3) is 0.0952. The number of nitro benzene ring substituents is 1. The molecule has 3 aromatic carbocycles. The number of benzene rings is 3. The number of rotatable bonds is 8. The summed E-state index contributed by atoms with van der Waals surface area (Å²) in [6.07, 6.45) is 0.176. The standard InChI is InChI=1S/C21H16Cl2N2O5S/c22-20-9-8-19(13-21(20)23)31(29,30)24-16-6-4-14(5-7-16)11-18(26)12-15-2-1-3-17(10-15)25(27)28/h1-10,13,24H,11-12H2. The Morgan fingerprint density at radius 1 is 0.903 bits per heavy atom. The lowest BCUT2D eigenvalue weighted by atomic mass is 10.0. The average Bonchev–Trinajstić information content (AvgIpc) is 2.71. The van der Waals surface area contributed by atoms with E-state index in [0.717, 1.165) is 0 Å². The topological polar surface area (TPSA) is 106 Å². The van der Waals surface area contributed by atoms with Crippen molar-refractivity contribution in [2.75, 3.05) is 4.72 Å². The van der Waals surface area contributed by atoms with Gasteiger partial charge in [-0.2, -0.15) is 0 Å². The molecule has 10 heteroatoms. The van der Waals surface area contributed by atoms with Gasteiger partial charge in [0, 0.05) is 30.7 Å². The number of anilines is 1. The van der Waals surface area contributed by atoms with Gasteiger partial charge in [-0.3, -0.25) is 19.6 Å². The summed E-state index contributed by atoms with van der Waals surface area (Å²) >= 11 is 11.7. The normalized spacial score (nSPS) is 11.2. The monoisotopic (exact) mass is 478 g/mol. The van der Waals surface area contributed by atoms with Crippen LogP contribution in [0.3, 0.4) is 0 Å². The Morgan fingerprint density at radius 3 is 2.23 bits per heavy atom. The molecule has 0 amide bonds. The molecule has 0 saturated carbocycles. The van der Waals surface area contributed by atoms with E-state index < -0.39 is 14.9 Å². The average molecular weight is 479 g/mol. The van der Waals surface area contributed by atoms with E-state index in [1.54, 1.807) is 30.3 Å². The first kappa shape index (κ1) is 22.7. The number of nitrogens with zero attached hydrogens (tertiary/aromatic N) is 1. The first-order valence-electron chi connectivity index (χ1n) is 8.96. The number of carbonyl (C=O) groups excluding carboxylic acids is 1. The largest absolute Gasteiger partial charge is 0.299 e. The third-order valence-electron chi connectivity index (χ3n) is 4.33. The molecule has 31 heavy (non-hydrogen) atoms. The Labute approximate surface area is 188 Å². The summed E-state index contributed by atoms with van der Waals surface area (Å²) < 4.78 is 27.4. The molecule has 7 nitrogen and oxygen atoms in total. The van der Waals surface area contributed by atoms with Crippen LogP contribution in [0.15, 0.2) is 71.6 Å². The third kappa shape index (κ3) is 6.04. The maximum absolute atomic E-state index is 12.5. The Bertz CT molecular complexity index is 1240. The number of nitro groups is 1. The van der Waals surface area contributed by atoms with Crippen LogP contribution in [-0.2, 0) is 27.7 Å². The highest BCUT2D eigenvalue weighted by molar-refractivity contribution is 7.92. The molecule has 1 N–H and O–H groups in total. The van der Waals surface area contributed by atoms with Gasteiger partial charge in [0.05, 0.1) is 19.9 Å². The zero-order valence-electron chi connectivity index (χ0n) is 15.9. The predicted octanol–water partition coefficient (Wildman–Crippen LogP) is 5.06. The lowest BCUT2D eigenvalue weighted by molar-refractivity contribution is -0.384. The molecule has 160 valence electrons. The molecular formula is C21H16Cl2N2O5S. The van der Waals surface area contributed by atoms with E-state index in [0.29, 0.717) is 16.8 Å². The van der Waals surface area contributed by atoms with Crippen LogP contribution in [0.1, 0.15) is 11.1 Å². The maximum Gasteiger partial charge on any atom is 0.269 e. The van der Waals surface area contributed by atoms with Crippen molar-refractivity contribution < 1.29 is 18.1 Å². The number of hydrogen-bond acceptors (Lipinski definition) is 5. The predicted molar refractivity (Wildman–Crippen MR) is 119 cm³/mol. The van der Waals surface area contributed by atoms with Crippen LogP contribution >= 0.6 is 23.2 Å². The van der Waals surface area contributed by atoms with Crippen LogP contribution in [0.2, 0.25) is 10.0 Å². The highest BCUT2D eigenvalue weighted by Gasteiger charge is 2.16. The summed E-state index contributed by atoms with van der Waals surface area (Å²) in [7, 11) is -3.86. The van der Waals surface area contributed by atoms with Gasteiger partial charge in [0.2, 0.25) is 0 Å². The molecule has 0 atom stereocenters. The van der Waals surface area contributed by atoms with Crippen molar-refractivity contribution in [1.29, 1.82) is 0 Å². The van der Waals surface area contributed by atoms with E-state index in [1.165, 1.54) is 36.4 Å². The molecule has 0 aliphatic carbocycles. The van der Waals surface area contributed by atoms with Crippen LogP contribution in [0, 0.1) is 10.1 Å².